The smallest absolute Gasteiger partial charge is 0.192 e. The fourth-order valence-electron chi connectivity index (χ4n) is 4.16. The van der Waals surface area contributed by atoms with Gasteiger partial charge in [-0.2, -0.15) is 0 Å². The normalized spacial score (nSPS) is 23.2. The third-order valence-electron chi connectivity index (χ3n) is 6.01. The van der Waals surface area contributed by atoms with Crippen LogP contribution >= 0.6 is 0 Å². The molecule has 1 N–H and O–H groups in total. The summed E-state index contributed by atoms with van der Waals surface area (Å²) in [6.45, 7) is 13.0. The van der Waals surface area contributed by atoms with E-state index in [1.165, 1.54) is 0 Å². The number of carbonyl (C=O) groups excluding carboxylic acids is 1. The molecule has 1 saturated carbocycles. The Morgan fingerprint density at radius 1 is 1.25 bits per heavy atom. The Balaban J connectivity index is 3.08. The summed E-state index contributed by atoms with van der Waals surface area (Å²) in [6.07, 6.45) is 5.81. The van der Waals surface area contributed by atoms with Gasteiger partial charge in [-0.1, -0.05) is 46.8 Å². The van der Waals surface area contributed by atoms with Crippen molar-refractivity contribution in [2.75, 3.05) is 0 Å². The van der Waals surface area contributed by atoms with Crippen molar-refractivity contribution in [3.05, 3.63) is 12.2 Å². The Morgan fingerprint density at radius 2 is 1.83 bits per heavy atom. The van der Waals surface area contributed by atoms with Gasteiger partial charge < -0.3 is 9.53 Å². The number of carbonyl (C=O) groups is 1. The van der Waals surface area contributed by atoms with Gasteiger partial charge in [-0.05, 0) is 43.8 Å². The van der Waals surface area contributed by atoms with Crippen LogP contribution in [0.2, 0.25) is 18.1 Å². The van der Waals surface area contributed by atoms with Crippen molar-refractivity contribution >= 4 is 14.1 Å². The second-order valence-corrected chi connectivity index (χ2v) is 12.4. The highest BCUT2D eigenvalue weighted by molar-refractivity contribution is 6.73. The van der Waals surface area contributed by atoms with E-state index in [1.807, 2.05) is 13.0 Å². The molecule has 0 saturated heterocycles. The van der Waals surface area contributed by atoms with Crippen molar-refractivity contribution in [3.63, 3.8) is 0 Å². The molecular weight excluding hydrogens is 316 g/mol. The van der Waals surface area contributed by atoms with Crippen LogP contribution in [0.5, 0.6) is 0 Å². The number of hydrogen-bond acceptors (Lipinski definition) is 3. The lowest BCUT2D eigenvalue weighted by Crippen LogP contribution is -2.48. The maximum atomic E-state index is 12.2. The van der Waals surface area contributed by atoms with Gasteiger partial charge in [0.25, 0.3) is 0 Å². The van der Waals surface area contributed by atoms with Crippen molar-refractivity contribution < 1.29 is 14.3 Å². The Kier molecular flexibility index (Phi) is 8.89. The van der Waals surface area contributed by atoms with Gasteiger partial charge in [0.05, 0.1) is 12.2 Å². The van der Waals surface area contributed by atoms with E-state index < -0.39 is 14.4 Å². The summed E-state index contributed by atoms with van der Waals surface area (Å²) in [4.78, 5) is 12.2. The minimum atomic E-state index is -1.78. The van der Waals surface area contributed by atoms with E-state index in [0.29, 0.717) is 6.42 Å². The van der Waals surface area contributed by atoms with Crippen LogP contribution in [0.15, 0.2) is 12.2 Å². The minimum absolute atomic E-state index is 0.0234. The largest absolute Gasteiger partial charge is 0.410 e. The van der Waals surface area contributed by atoms with E-state index in [2.05, 4.69) is 40.7 Å². The number of Topliss-reactive ketones (excluding diaryl/α,β-unsaturated/α-hetero) is 1. The molecule has 140 valence electrons. The lowest BCUT2D eigenvalue weighted by Gasteiger charge is -2.40. The highest BCUT2D eigenvalue weighted by atomic mass is 28.4. The predicted molar refractivity (Wildman–Crippen MR) is 104 cm³/mol. The molecule has 0 aliphatic heterocycles. The third-order valence-corrected chi connectivity index (χ3v) is 10.6. The van der Waals surface area contributed by atoms with Crippen LogP contribution in [0.3, 0.4) is 0 Å². The van der Waals surface area contributed by atoms with Crippen LogP contribution in [0.25, 0.3) is 0 Å². The molecular formula is C20H38O3Si. The fourth-order valence-corrected chi connectivity index (χ4v) is 6.98. The van der Waals surface area contributed by atoms with Gasteiger partial charge in [-0.3, -0.25) is 4.79 Å². The molecule has 0 spiro atoms. The molecule has 1 aliphatic rings. The van der Waals surface area contributed by atoms with Crippen LogP contribution in [0.1, 0.15) is 60.8 Å². The van der Waals surface area contributed by atoms with Crippen molar-refractivity contribution in [2.45, 2.75) is 91.1 Å². The second-order valence-electron chi connectivity index (χ2n) is 7.63. The van der Waals surface area contributed by atoms with Crippen molar-refractivity contribution in [2.24, 2.45) is 17.8 Å². The Hall–Kier alpha value is -0.453. The Bertz CT molecular complexity index is 407. The van der Waals surface area contributed by atoms with E-state index >= 15 is 0 Å². The molecule has 0 aromatic rings. The molecule has 3 nitrogen and oxygen atoms in total. The topological polar surface area (TPSA) is 46.5 Å². The van der Waals surface area contributed by atoms with Crippen molar-refractivity contribution in [1.29, 1.82) is 0 Å². The first-order valence-electron chi connectivity index (χ1n) is 9.87. The molecule has 0 bridgehead atoms. The summed E-state index contributed by atoms with van der Waals surface area (Å²) in [7, 11) is -1.78. The number of aliphatic hydroxyl groups is 1. The fraction of sp³-hybridized carbons (Fsp3) is 0.850. The average molecular weight is 355 g/mol. The first-order chi connectivity index (χ1) is 11.4. The molecule has 1 fully saturated rings. The molecule has 1 rings (SSSR count). The number of aliphatic hydroxyl groups excluding tert-OH is 1. The first-order valence-corrected chi connectivity index (χ1v) is 12.4. The summed E-state index contributed by atoms with van der Waals surface area (Å²) in [5.74, 6) is 0.281. The standard InChI is InChI=1S/C20H38O3Si/c1-7-12-18(23-24(8-2,9-3)10-4)19(15(5)6)20(22)16-13-11-14-17(16)21/h7,12,15-16,18-20,22H,8-11,13-14H2,1-6H3/b12-7+/t16?,18-,19+,20?/m0/s1. The van der Waals surface area contributed by atoms with Crippen LogP contribution in [0.4, 0.5) is 0 Å². The summed E-state index contributed by atoms with van der Waals surface area (Å²) in [5.41, 5.74) is 0. The minimum Gasteiger partial charge on any atom is -0.410 e. The van der Waals surface area contributed by atoms with Gasteiger partial charge in [0.15, 0.2) is 8.32 Å². The van der Waals surface area contributed by atoms with Crippen molar-refractivity contribution in [3.8, 4) is 0 Å². The Morgan fingerprint density at radius 3 is 2.21 bits per heavy atom. The molecule has 0 heterocycles. The van der Waals surface area contributed by atoms with E-state index in [0.717, 1.165) is 31.0 Å². The van der Waals surface area contributed by atoms with Gasteiger partial charge in [0.1, 0.15) is 5.78 Å². The van der Waals surface area contributed by atoms with Gasteiger partial charge in [0.2, 0.25) is 0 Å². The SMILES string of the molecule is C/C=C/[C@H](O[Si](CC)(CC)CC)[C@@H](C(C)C)C(O)C1CCCC1=O. The quantitative estimate of drug-likeness (QED) is 0.446. The number of ketones is 1. The third kappa shape index (κ3) is 5.03. The molecule has 0 aromatic heterocycles. The summed E-state index contributed by atoms with van der Waals surface area (Å²) < 4.78 is 6.75. The van der Waals surface area contributed by atoms with Gasteiger partial charge >= 0.3 is 0 Å². The summed E-state index contributed by atoms with van der Waals surface area (Å²) in [5, 5.41) is 11.0. The van der Waals surface area contributed by atoms with Gasteiger partial charge in [-0.25, -0.2) is 0 Å². The molecule has 2 unspecified atom stereocenters. The molecule has 0 radical (unpaired) electrons. The second kappa shape index (κ2) is 9.88. The van der Waals surface area contributed by atoms with Crippen LogP contribution in [-0.4, -0.2) is 31.4 Å². The van der Waals surface area contributed by atoms with E-state index in [4.69, 9.17) is 4.43 Å². The van der Waals surface area contributed by atoms with Gasteiger partial charge in [-0.15, -0.1) is 0 Å². The number of rotatable bonds is 10. The van der Waals surface area contributed by atoms with E-state index in [1.54, 1.807) is 0 Å². The molecule has 4 heteroatoms. The maximum absolute atomic E-state index is 12.2. The lowest BCUT2D eigenvalue weighted by molar-refractivity contribution is -0.126. The highest BCUT2D eigenvalue weighted by Crippen LogP contribution is 2.36. The number of allylic oxidation sites excluding steroid dienone is 1. The molecule has 0 amide bonds. The van der Waals surface area contributed by atoms with Crippen LogP contribution in [0, 0.1) is 17.8 Å². The molecule has 1 aliphatic carbocycles. The zero-order chi connectivity index (χ0) is 18.3. The Labute approximate surface area is 150 Å². The molecule has 0 aromatic carbocycles. The lowest BCUT2D eigenvalue weighted by atomic mass is 9.79. The molecule has 24 heavy (non-hydrogen) atoms. The molecule has 4 atom stereocenters. The predicted octanol–water partition coefficient (Wildman–Crippen LogP) is 4.96. The summed E-state index contributed by atoms with van der Waals surface area (Å²) >= 11 is 0. The van der Waals surface area contributed by atoms with Crippen LogP contribution < -0.4 is 0 Å². The van der Waals surface area contributed by atoms with Crippen LogP contribution in [-0.2, 0) is 9.22 Å². The average Bonchev–Trinajstić information content (AvgIpc) is 2.98. The monoisotopic (exact) mass is 354 g/mol. The maximum Gasteiger partial charge on any atom is 0.192 e. The van der Waals surface area contributed by atoms with Gasteiger partial charge in [0, 0.05) is 18.3 Å². The zero-order valence-corrected chi connectivity index (χ0v) is 17.5. The van der Waals surface area contributed by atoms with Crippen molar-refractivity contribution in [1.82, 2.24) is 0 Å². The van der Waals surface area contributed by atoms with E-state index in [9.17, 15) is 9.90 Å². The number of hydrogen-bond donors (Lipinski definition) is 1. The first kappa shape index (κ1) is 21.6. The van der Waals surface area contributed by atoms with E-state index in [-0.39, 0.29) is 29.6 Å². The zero-order valence-electron chi connectivity index (χ0n) is 16.5. The summed E-state index contributed by atoms with van der Waals surface area (Å²) in [6, 6.07) is 3.28. The highest BCUT2D eigenvalue weighted by Gasteiger charge is 2.42.